The topological polar surface area (TPSA) is 46.5 Å². The Balaban J connectivity index is 2.42. The quantitative estimate of drug-likeness (QED) is 0.0906. The van der Waals surface area contributed by atoms with E-state index in [1.54, 1.807) is 7.11 Å². The monoisotopic (exact) mass is 604 g/mol. The van der Waals surface area contributed by atoms with Crippen molar-refractivity contribution in [1.82, 2.24) is 0 Å². The highest BCUT2D eigenvalue weighted by Crippen LogP contribution is 2.41. The summed E-state index contributed by atoms with van der Waals surface area (Å²) >= 11 is 0. The van der Waals surface area contributed by atoms with Crippen LogP contribution in [0.25, 0.3) is 0 Å². The lowest BCUT2D eigenvalue weighted by Crippen LogP contribution is -2.28. The molecule has 0 heterocycles. The zero-order chi connectivity index (χ0) is 33.2. The van der Waals surface area contributed by atoms with Gasteiger partial charge in [0.05, 0.1) is 11.7 Å². The molecule has 0 aromatic rings. The molecule has 0 aliphatic heterocycles. The van der Waals surface area contributed by atoms with Gasteiger partial charge in [0.25, 0.3) is 0 Å². The molecule has 0 saturated carbocycles. The molecule has 44 heavy (non-hydrogen) atoms. The predicted molar refractivity (Wildman–Crippen MR) is 191 cm³/mol. The van der Waals surface area contributed by atoms with Crippen molar-refractivity contribution >= 4 is 6.29 Å². The van der Waals surface area contributed by atoms with Gasteiger partial charge in [0, 0.05) is 13.0 Å². The van der Waals surface area contributed by atoms with E-state index < -0.39 is 0 Å². The van der Waals surface area contributed by atoms with Gasteiger partial charge in [-0.05, 0) is 94.0 Å². The maximum atomic E-state index is 11.6. The molecule has 1 N–H and O–H groups in total. The van der Waals surface area contributed by atoms with E-state index in [4.69, 9.17) is 4.74 Å². The van der Waals surface area contributed by atoms with Gasteiger partial charge >= 0.3 is 0 Å². The van der Waals surface area contributed by atoms with Crippen LogP contribution in [0.3, 0.4) is 0 Å². The first-order chi connectivity index (χ1) is 20.7. The molecule has 0 amide bonds. The Labute approximate surface area is 271 Å². The summed E-state index contributed by atoms with van der Waals surface area (Å²) in [5.74, 6) is 1.53. The first kappa shape index (κ1) is 39.5. The molecule has 3 nitrogen and oxygen atoms in total. The van der Waals surface area contributed by atoms with Crippen LogP contribution in [-0.2, 0) is 9.53 Å². The molecule has 0 aromatic heterocycles. The molecule has 246 valence electrons. The van der Waals surface area contributed by atoms with Crippen LogP contribution in [0.4, 0.5) is 0 Å². The molecule has 1 aliphatic rings. The summed E-state index contributed by atoms with van der Waals surface area (Å²) in [6.07, 6.45) is 36.8. The normalized spacial score (nSPS) is 22.0. The Morgan fingerprint density at radius 1 is 0.841 bits per heavy atom. The van der Waals surface area contributed by atoms with Crippen LogP contribution in [-0.4, -0.2) is 30.2 Å². The number of aldehydes is 1. The Bertz CT molecular complexity index is 1080. The van der Waals surface area contributed by atoms with E-state index in [1.807, 2.05) is 0 Å². The fraction of sp³-hybridized carbons (Fsp3) is 0.585. The highest BCUT2D eigenvalue weighted by molar-refractivity contribution is 5.54. The van der Waals surface area contributed by atoms with Gasteiger partial charge in [0.2, 0.25) is 0 Å². The Hall–Kier alpha value is -2.49. The Morgan fingerprint density at radius 2 is 1.36 bits per heavy atom. The fourth-order valence-electron chi connectivity index (χ4n) is 5.49. The van der Waals surface area contributed by atoms with Crippen molar-refractivity contribution in [2.24, 2.45) is 35.0 Å². The molecule has 0 fully saturated rings. The molecule has 0 radical (unpaired) electrons. The number of methoxy groups -OCH3 is 1. The lowest BCUT2D eigenvalue weighted by molar-refractivity contribution is -0.110. The summed E-state index contributed by atoms with van der Waals surface area (Å²) in [7, 11) is 1.74. The van der Waals surface area contributed by atoms with Crippen molar-refractivity contribution in [2.45, 2.75) is 113 Å². The second-order valence-electron chi connectivity index (χ2n) is 14.3. The average Bonchev–Trinajstić information content (AvgIpc) is 2.93. The summed E-state index contributed by atoms with van der Waals surface area (Å²) in [6.45, 7) is 19.6. The largest absolute Gasteiger partial charge is 0.393 e. The maximum absolute atomic E-state index is 11.6. The Kier molecular flexibility index (Phi) is 18.4. The summed E-state index contributed by atoms with van der Waals surface area (Å²) in [5.41, 5.74) is 2.58. The van der Waals surface area contributed by atoms with Crippen LogP contribution in [0.5, 0.6) is 0 Å². The lowest BCUT2D eigenvalue weighted by atomic mass is 9.71. The van der Waals surface area contributed by atoms with Crippen molar-refractivity contribution in [3.8, 4) is 0 Å². The van der Waals surface area contributed by atoms with Gasteiger partial charge in [-0.1, -0.05) is 132 Å². The zero-order valence-electron chi connectivity index (χ0n) is 29.6. The first-order valence-electron chi connectivity index (χ1n) is 16.8. The summed E-state index contributed by atoms with van der Waals surface area (Å²) in [6, 6.07) is 0. The van der Waals surface area contributed by atoms with Crippen molar-refractivity contribution in [1.29, 1.82) is 0 Å². The number of rotatable bonds is 19. The summed E-state index contributed by atoms with van der Waals surface area (Å²) in [4.78, 5) is 11.6. The minimum atomic E-state index is -0.217. The van der Waals surface area contributed by atoms with Crippen LogP contribution in [0.2, 0.25) is 0 Å². The van der Waals surface area contributed by atoms with E-state index in [-0.39, 0.29) is 23.0 Å². The predicted octanol–water partition coefficient (Wildman–Crippen LogP) is 10.7. The van der Waals surface area contributed by atoms with E-state index >= 15 is 0 Å². The number of carbonyl (C=O) groups is 1. The SMILES string of the molecule is COC(C)(C)C/C=C/C(C)/C=C/CC(C=O)C/C=C/C(C)/C=C/C=C/C(C)C/C=C/C(C)/C=C/C1=C(C)C[C@@H](O)CC1(C)C. The molecule has 0 aromatic carbocycles. The molecule has 1 rings (SSSR count). The minimum Gasteiger partial charge on any atom is -0.393 e. The molecular formula is C41H64O3. The zero-order valence-corrected chi connectivity index (χ0v) is 29.6. The smallest absolute Gasteiger partial charge is 0.123 e. The van der Waals surface area contributed by atoms with Crippen molar-refractivity contribution < 1.29 is 14.6 Å². The third kappa shape index (κ3) is 17.1. The summed E-state index contributed by atoms with van der Waals surface area (Å²) in [5, 5.41) is 10.1. The molecule has 0 saturated heterocycles. The molecule has 0 spiro atoms. The molecular weight excluding hydrogens is 540 g/mol. The molecule has 5 unspecified atom stereocenters. The van der Waals surface area contributed by atoms with Gasteiger partial charge < -0.3 is 14.6 Å². The second-order valence-corrected chi connectivity index (χ2v) is 14.3. The van der Waals surface area contributed by atoms with E-state index in [0.717, 1.165) is 44.8 Å². The van der Waals surface area contributed by atoms with Gasteiger partial charge in [0.15, 0.2) is 0 Å². The van der Waals surface area contributed by atoms with Crippen LogP contribution < -0.4 is 0 Å². The number of hydrogen-bond donors (Lipinski definition) is 1. The first-order valence-corrected chi connectivity index (χ1v) is 16.8. The van der Waals surface area contributed by atoms with Gasteiger partial charge in [0.1, 0.15) is 6.29 Å². The van der Waals surface area contributed by atoms with Crippen molar-refractivity contribution in [3.05, 3.63) is 96.2 Å². The van der Waals surface area contributed by atoms with Gasteiger partial charge in [-0.25, -0.2) is 0 Å². The van der Waals surface area contributed by atoms with E-state index in [0.29, 0.717) is 23.7 Å². The highest BCUT2D eigenvalue weighted by atomic mass is 16.5. The standard InChI is InChI=1S/C41H64O3/c1-32(19-13-20-35(4)26-27-39-36(5)29-38(43)30-40(39,6)7)17-11-12-18-33(2)21-14-24-37(31-42)25-15-22-34(3)23-16-28-41(8,9)44-10/h11-18,20-23,26-27,31-35,37-38,43H,19,24-25,28-30H2,1-10H3/b17-11+,18-12+,20-13+,21-14+,22-15+,23-16+,27-26+/t32?,33?,34?,35?,37?,38-/m1/s1. The van der Waals surface area contributed by atoms with Crippen LogP contribution in [0.1, 0.15) is 101 Å². The number of carbonyl (C=O) groups excluding carboxylic acids is 1. The number of aliphatic hydroxyl groups excluding tert-OH is 1. The number of ether oxygens (including phenoxy) is 1. The third-order valence-electron chi connectivity index (χ3n) is 8.51. The number of aliphatic hydroxyl groups is 1. The lowest BCUT2D eigenvalue weighted by Gasteiger charge is -2.35. The maximum Gasteiger partial charge on any atom is 0.123 e. The van der Waals surface area contributed by atoms with Gasteiger partial charge in [-0.2, -0.15) is 0 Å². The van der Waals surface area contributed by atoms with E-state index in [1.165, 1.54) is 11.1 Å². The van der Waals surface area contributed by atoms with Crippen molar-refractivity contribution in [3.63, 3.8) is 0 Å². The van der Waals surface area contributed by atoms with Gasteiger partial charge in [-0.15, -0.1) is 0 Å². The second kappa shape index (κ2) is 20.5. The molecule has 0 bridgehead atoms. The van der Waals surface area contributed by atoms with Gasteiger partial charge in [-0.3, -0.25) is 0 Å². The molecule has 1 aliphatic carbocycles. The summed E-state index contributed by atoms with van der Waals surface area (Å²) < 4.78 is 5.45. The van der Waals surface area contributed by atoms with E-state index in [2.05, 4.69) is 147 Å². The molecule has 6 atom stereocenters. The average molecular weight is 605 g/mol. The van der Waals surface area contributed by atoms with Crippen molar-refractivity contribution in [2.75, 3.05) is 7.11 Å². The fourth-order valence-corrected chi connectivity index (χ4v) is 5.49. The van der Waals surface area contributed by atoms with Crippen LogP contribution in [0, 0.1) is 35.0 Å². The van der Waals surface area contributed by atoms with Crippen LogP contribution >= 0.6 is 0 Å². The van der Waals surface area contributed by atoms with Crippen LogP contribution in [0.15, 0.2) is 96.2 Å². The number of hydrogen-bond acceptors (Lipinski definition) is 3. The Morgan fingerprint density at radius 3 is 1.93 bits per heavy atom. The number of allylic oxidation sites excluding steroid dienone is 14. The minimum absolute atomic E-state index is 0.0172. The highest BCUT2D eigenvalue weighted by Gasteiger charge is 2.31. The molecule has 3 heteroatoms. The third-order valence-corrected chi connectivity index (χ3v) is 8.51. The van der Waals surface area contributed by atoms with E-state index in [9.17, 15) is 9.90 Å².